The number of carbonyl (C=O) groups is 2. The van der Waals surface area contributed by atoms with Gasteiger partial charge in [-0.05, 0) is 37.3 Å². The van der Waals surface area contributed by atoms with Gasteiger partial charge in [0.2, 0.25) is 11.7 Å². The largest absolute Gasteiger partial charge is 0.490 e. The smallest absolute Gasteiger partial charge is 0.304 e. The minimum atomic E-state index is -1.96. The van der Waals surface area contributed by atoms with E-state index in [2.05, 4.69) is 10.6 Å². The molecule has 0 heterocycles. The number of benzene rings is 2. The monoisotopic (exact) mass is 391 g/mol. The molecule has 0 aliphatic carbocycles. The summed E-state index contributed by atoms with van der Waals surface area (Å²) in [6.07, 6.45) is 0. The third kappa shape index (κ3) is 5.48. The van der Waals surface area contributed by atoms with E-state index in [4.69, 9.17) is 4.74 Å². The third-order valence-electron chi connectivity index (χ3n) is 3.59. The Morgan fingerprint density at radius 2 is 1.79 bits per heavy atom. The Morgan fingerprint density at radius 3 is 2.32 bits per heavy atom. The Bertz CT molecular complexity index is 899. The molecular weight excluding hydrogens is 373 g/mol. The van der Waals surface area contributed by atoms with Crippen molar-refractivity contribution in [3.63, 3.8) is 0 Å². The number of aliphatic hydroxyl groups is 1. The van der Waals surface area contributed by atoms with Gasteiger partial charge in [-0.1, -0.05) is 0 Å². The van der Waals surface area contributed by atoms with Crippen LogP contribution in [0.15, 0.2) is 42.5 Å². The molecule has 2 aromatic carbocycles. The Kier molecular flexibility index (Phi) is 6.26. The molecule has 0 spiro atoms. The summed E-state index contributed by atoms with van der Waals surface area (Å²) in [4.78, 5) is 32.9. The maximum atomic E-state index is 13.6. The quantitative estimate of drug-likeness (QED) is 0.491. The van der Waals surface area contributed by atoms with Crippen molar-refractivity contribution in [3.05, 3.63) is 58.4 Å². The van der Waals surface area contributed by atoms with E-state index >= 15 is 0 Å². The molecule has 2 amide bonds. The number of carbonyl (C=O) groups excluding carboxylic acids is 2. The predicted molar refractivity (Wildman–Crippen MR) is 98.5 cm³/mol. The molecule has 2 aromatic rings. The molecule has 0 aliphatic rings. The second-order valence-electron chi connectivity index (χ2n) is 6.15. The van der Waals surface area contributed by atoms with Gasteiger partial charge in [0.15, 0.2) is 5.60 Å². The van der Waals surface area contributed by atoms with Crippen LogP contribution >= 0.6 is 0 Å². The van der Waals surface area contributed by atoms with Crippen LogP contribution in [0.3, 0.4) is 0 Å². The number of anilines is 2. The highest BCUT2D eigenvalue weighted by Crippen LogP contribution is 2.22. The van der Waals surface area contributed by atoms with Crippen molar-refractivity contribution in [2.75, 3.05) is 17.2 Å². The number of hydrogen-bond acceptors (Lipinski definition) is 6. The Balaban J connectivity index is 1.98. The van der Waals surface area contributed by atoms with E-state index in [-0.39, 0.29) is 11.6 Å². The average molecular weight is 391 g/mol. The first kappa shape index (κ1) is 20.8. The summed E-state index contributed by atoms with van der Waals surface area (Å²) in [5.41, 5.74) is -2.18. The standard InChI is InChI=1S/C18H18FN3O6/c1-11(23)20-12-3-6-14(7-4-12)28-10-18(2,25)17(24)21-13-5-8-16(22(26)27)15(19)9-13/h3-9,25H,10H2,1-2H3,(H,20,23)(H,21,24)/t18-/m0/s1. The van der Waals surface area contributed by atoms with E-state index in [1.165, 1.54) is 13.8 Å². The van der Waals surface area contributed by atoms with Gasteiger partial charge in [-0.25, -0.2) is 0 Å². The minimum absolute atomic E-state index is 0.0481. The van der Waals surface area contributed by atoms with Crippen LogP contribution in [0.5, 0.6) is 5.75 Å². The number of ether oxygens (including phenoxy) is 1. The summed E-state index contributed by atoms with van der Waals surface area (Å²) in [7, 11) is 0. The SMILES string of the molecule is CC(=O)Nc1ccc(OC[C@](C)(O)C(=O)Nc2ccc([N+](=O)[O-])c(F)c2)cc1. The number of amides is 2. The van der Waals surface area contributed by atoms with Crippen LogP contribution < -0.4 is 15.4 Å². The first-order valence-electron chi connectivity index (χ1n) is 8.07. The Morgan fingerprint density at radius 1 is 1.18 bits per heavy atom. The molecule has 3 N–H and O–H groups in total. The molecule has 0 aromatic heterocycles. The van der Waals surface area contributed by atoms with Crippen LogP contribution in [0.25, 0.3) is 0 Å². The Hall–Kier alpha value is -3.53. The number of hydrogen-bond donors (Lipinski definition) is 3. The normalized spacial score (nSPS) is 12.6. The van der Waals surface area contributed by atoms with E-state index < -0.39 is 34.5 Å². The van der Waals surface area contributed by atoms with Gasteiger partial charge in [0.25, 0.3) is 5.91 Å². The van der Waals surface area contributed by atoms with Gasteiger partial charge in [-0.3, -0.25) is 19.7 Å². The molecule has 9 nitrogen and oxygen atoms in total. The zero-order valence-corrected chi connectivity index (χ0v) is 15.1. The summed E-state index contributed by atoms with van der Waals surface area (Å²) in [6.45, 7) is 2.17. The lowest BCUT2D eigenvalue weighted by Crippen LogP contribution is -2.45. The summed E-state index contributed by atoms with van der Waals surface area (Å²) < 4.78 is 19.0. The zero-order valence-electron chi connectivity index (χ0n) is 15.1. The van der Waals surface area contributed by atoms with Gasteiger partial charge >= 0.3 is 5.69 Å². The molecule has 2 rings (SSSR count). The van der Waals surface area contributed by atoms with Crippen LogP contribution in [0.2, 0.25) is 0 Å². The highest BCUT2D eigenvalue weighted by Gasteiger charge is 2.32. The fourth-order valence-corrected chi connectivity index (χ4v) is 2.13. The molecule has 0 saturated heterocycles. The lowest BCUT2D eigenvalue weighted by Gasteiger charge is -2.22. The molecule has 0 bridgehead atoms. The maximum absolute atomic E-state index is 13.6. The molecule has 0 radical (unpaired) electrons. The van der Waals surface area contributed by atoms with E-state index in [0.717, 1.165) is 18.2 Å². The summed E-state index contributed by atoms with van der Waals surface area (Å²) in [6, 6.07) is 9.11. The molecule has 0 saturated carbocycles. The van der Waals surface area contributed by atoms with E-state index in [0.29, 0.717) is 11.4 Å². The van der Waals surface area contributed by atoms with E-state index in [1.807, 2.05) is 0 Å². The van der Waals surface area contributed by atoms with Crippen molar-refractivity contribution in [3.8, 4) is 5.75 Å². The topological polar surface area (TPSA) is 131 Å². The van der Waals surface area contributed by atoms with Gasteiger partial charge in [-0.2, -0.15) is 4.39 Å². The van der Waals surface area contributed by atoms with Gasteiger partial charge in [-0.15, -0.1) is 0 Å². The zero-order chi connectivity index (χ0) is 20.9. The number of halogens is 1. The van der Waals surface area contributed by atoms with Gasteiger partial charge < -0.3 is 20.5 Å². The van der Waals surface area contributed by atoms with Crippen molar-refractivity contribution in [1.82, 2.24) is 0 Å². The second-order valence-corrected chi connectivity index (χ2v) is 6.15. The molecular formula is C18H18FN3O6. The first-order chi connectivity index (χ1) is 13.1. The van der Waals surface area contributed by atoms with Crippen LogP contribution in [0.4, 0.5) is 21.5 Å². The fourth-order valence-electron chi connectivity index (χ4n) is 2.13. The van der Waals surface area contributed by atoms with Crippen molar-refractivity contribution in [1.29, 1.82) is 0 Å². The third-order valence-corrected chi connectivity index (χ3v) is 3.59. The van der Waals surface area contributed by atoms with Gasteiger partial charge in [0.05, 0.1) is 4.92 Å². The number of nitrogens with zero attached hydrogens (tertiary/aromatic N) is 1. The summed E-state index contributed by atoms with van der Waals surface area (Å²) >= 11 is 0. The Labute approximate surface area is 159 Å². The average Bonchev–Trinajstić information content (AvgIpc) is 2.60. The van der Waals surface area contributed by atoms with Gasteiger partial charge in [0.1, 0.15) is 12.4 Å². The second kappa shape index (κ2) is 8.44. The lowest BCUT2D eigenvalue weighted by molar-refractivity contribution is -0.387. The maximum Gasteiger partial charge on any atom is 0.304 e. The summed E-state index contributed by atoms with van der Waals surface area (Å²) in [5, 5.41) is 25.8. The molecule has 28 heavy (non-hydrogen) atoms. The van der Waals surface area contributed by atoms with Crippen LogP contribution in [0.1, 0.15) is 13.8 Å². The van der Waals surface area contributed by atoms with Crippen molar-refractivity contribution >= 4 is 28.9 Å². The van der Waals surface area contributed by atoms with Gasteiger partial charge in [0, 0.05) is 30.4 Å². The number of nitro groups is 1. The van der Waals surface area contributed by atoms with Crippen molar-refractivity contribution in [2.45, 2.75) is 19.4 Å². The molecule has 1 atom stereocenters. The van der Waals surface area contributed by atoms with E-state index in [9.17, 15) is 29.2 Å². The van der Waals surface area contributed by atoms with Crippen molar-refractivity contribution < 1.29 is 28.7 Å². The lowest BCUT2D eigenvalue weighted by atomic mass is 10.1. The molecule has 148 valence electrons. The summed E-state index contributed by atoms with van der Waals surface area (Å²) in [5.74, 6) is -1.87. The highest BCUT2D eigenvalue weighted by atomic mass is 19.1. The number of rotatable bonds is 7. The van der Waals surface area contributed by atoms with Crippen LogP contribution in [-0.4, -0.2) is 34.1 Å². The minimum Gasteiger partial charge on any atom is -0.490 e. The van der Waals surface area contributed by atoms with E-state index in [1.54, 1.807) is 24.3 Å². The molecule has 0 fully saturated rings. The van der Waals surface area contributed by atoms with Crippen molar-refractivity contribution in [2.24, 2.45) is 0 Å². The molecule has 10 heteroatoms. The molecule has 0 unspecified atom stereocenters. The molecule has 0 aliphatic heterocycles. The number of nitro benzene ring substituents is 1. The number of nitrogens with one attached hydrogen (secondary N) is 2. The highest BCUT2D eigenvalue weighted by molar-refractivity contribution is 5.97. The predicted octanol–water partition coefficient (Wildman–Crippen LogP) is 2.46. The fraction of sp³-hybridized carbons (Fsp3) is 0.222. The first-order valence-corrected chi connectivity index (χ1v) is 8.07. The van der Waals surface area contributed by atoms with Crippen LogP contribution in [-0.2, 0) is 9.59 Å². The van der Waals surface area contributed by atoms with Crippen LogP contribution in [0, 0.1) is 15.9 Å².